The molecule has 0 saturated carbocycles. The summed E-state index contributed by atoms with van der Waals surface area (Å²) in [5.41, 5.74) is -1.91. The predicted molar refractivity (Wildman–Crippen MR) is 52.7 cm³/mol. The second kappa shape index (κ2) is 3.33. The zero-order valence-corrected chi connectivity index (χ0v) is 8.00. The van der Waals surface area contributed by atoms with E-state index in [0.29, 0.717) is 0 Å². The van der Waals surface area contributed by atoms with Crippen LogP contribution in [0, 0.1) is 20.2 Å². The monoisotopic (exact) mass is 237 g/mol. The minimum absolute atomic E-state index is 0.0858. The van der Waals surface area contributed by atoms with Crippen LogP contribution < -0.4 is 5.32 Å². The fourth-order valence-electron chi connectivity index (χ4n) is 1.46. The van der Waals surface area contributed by atoms with E-state index in [1.165, 1.54) is 0 Å². The molecule has 0 radical (unpaired) electrons. The summed E-state index contributed by atoms with van der Waals surface area (Å²) < 4.78 is 0. The average Bonchev–Trinajstić information content (AvgIpc) is 2.53. The molecule has 0 saturated heterocycles. The van der Waals surface area contributed by atoms with E-state index >= 15 is 0 Å². The Kier molecular flexibility index (Phi) is 2.09. The summed E-state index contributed by atoms with van der Waals surface area (Å²) in [7, 11) is 0. The molecule has 0 atom stereocenters. The van der Waals surface area contributed by atoms with Crippen LogP contribution in [0.25, 0.3) is 0 Å². The summed E-state index contributed by atoms with van der Waals surface area (Å²) in [6.07, 6.45) is 0. The second-order valence-corrected chi connectivity index (χ2v) is 3.18. The number of carbonyl (C=O) groups is 2. The molecule has 1 aliphatic rings. The number of nitrogens with zero attached hydrogens (tertiary/aromatic N) is 2. The van der Waals surface area contributed by atoms with Gasteiger partial charge in [-0.05, 0) is 0 Å². The molecule has 1 N–H and O–H groups in total. The molecule has 0 aromatic heterocycles. The first-order valence-electron chi connectivity index (χ1n) is 4.24. The number of Topliss-reactive ketones (excluding diaryl/α,β-unsaturated/α-hetero) is 1. The SMILES string of the molecule is O=C1Nc2cc([N+](=O)[O-])c([N+](=O)[O-])cc2C1=O. The lowest BCUT2D eigenvalue weighted by Crippen LogP contribution is -2.12. The van der Waals surface area contributed by atoms with E-state index in [0.717, 1.165) is 12.1 Å². The average molecular weight is 237 g/mol. The van der Waals surface area contributed by atoms with Crippen LogP contribution in [0.4, 0.5) is 17.1 Å². The van der Waals surface area contributed by atoms with Gasteiger partial charge in [0.1, 0.15) is 0 Å². The molecule has 0 spiro atoms. The molecule has 1 heterocycles. The van der Waals surface area contributed by atoms with E-state index in [4.69, 9.17) is 0 Å². The third kappa shape index (κ3) is 1.49. The number of nitrogens with one attached hydrogen (secondary N) is 1. The Morgan fingerprint density at radius 3 is 2.06 bits per heavy atom. The molecule has 0 unspecified atom stereocenters. The van der Waals surface area contributed by atoms with Gasteiger partial charge in [-0.25, -0.2) is 0 Å². The highest BCUT2D eigenvalue weighted by molar-refractivity contribution is 6.51. The second-order valence-electron chi connectivity index (χ2n) is 3.18. The molecule has 0 fully saturated rings. The van der Waals surface area contributed by atoms with Crippen LogP contribution in [0.2, 0.25) is 0 Å². The lowest BCUT2D eigenvalue weighted by molar-refractivity contribution is -0.422. The van der Waals surface area contributed by atoms with Gasteiger partial charge in [-0.15, -0.1) is 0 Å². The lowest BCUT2D eigenvalue weighted by Gasteiger charge is -1.98. The Labute approximate surface area is 92.3 Å². The number of hydrogen-bond acceptors (Lipinski definition) is 6. The quantitative estimate of drug-likeness (QED) is 0.455. The van der Waals surface area contributed by atoms with Crippen molar-refractivity contribution in [3.63, 3.8) is 0 Å². The van der Waals surface area contributed by atoms with Gasteiger partial charge in [-0.2, -0.15) is 0 Å². The van der Waals surface area contributed by atoms with Gasteiger partial charge < -0.3 is 5.32 Å². The highest BCUT2D eigenvalue weighted by Crippen LogP contribution is 2.35. The van der Waals surface area contributed by atoms with Gasteiger partial charge in [0.25, 0.3) is 11.7 Å². The van der Waals surface area contributed by atoms with Crippen molar-refractivity contribution in [1.29, 1.82) is 0 Å². The van der Waals surface area contributed by atoms with Gasteiger partial charge in [0, 0.05) is 12.1 Å². The van der Waals surface area contributed by atoms with Crippen molar-refractivity contribution in [3.8, 4) is 0 Å². The molecule has 1 aromatic carbocycles. The van der Waals surface area contributed by atoms with E-state index in [1.807, 2.05) is 0 Å². The van der Waals surface area contributed by atoms with Crippen molar-refractivity contribution in [2.24, 2.45) is 0 Å². The molecule has 0 bridgehead atoms. The molecule has 1 amide bonds. The zero-order valence-electron chi connectivity index (χ0n) is 8.00. The number of benzene rings is 1. The third-order valence-electron chi connectivity index (χ3n) is 2.21. The summed E-state index contributed by atoms with van der Waals surface area (Å²) >= 11 is 0. The highest BCUT2D eigenvalue weighted by atomic mass is 16.6. The van der Waals surface area contributed by atoms with E-state index in [1.54, 1.807) is 0 Å². The Balaban J connectivity index is 2.71. The Morgan fingerprint density at radius 2 is 1.53 bits per heavy atom. The maximum atomic E-state index is 11.2. The van der Waals surface area contributed by atoms with Gasteiger partial charge in [0.15, 0.2) is 0 Å². The summed E-state index contributed by atoms with van der Waals surface area (Å²) in [4.78, 5) is 41.5. The molecule has 17 heavy (non-hydrogen) atoms. The third-order valence-corrected chi connectivity index (χ3v) is 2.21. The topological polar surface area (TPSA) is 132 Å². The first-order valence-corrected chi connectivity index (χ1v) is 4.24. The number of fused-ring (bicyclic) bond motifs is 1. The number of nitro benzene ring substituents is 2. The zero-order chi connectivity index (χ0) is 12.7. The fourth-order valence-corrected chi connectivity index (χ4v) is 1.46. The summed E-state index contributed by atoms with van der Waals surface area (Å²) in [5.74, 6) is -1.91. The molecule has 9 heteroatoms. The molecule has 2 rings (SSSR count). The number of rotatable bonds is 2. The molecular formula is C8H3N3O6. The molecule has 1 aliphatic heterocycles. The van der Waals surface area contributed by atoms with Crippen LogP contribution in [0.1, 0.15) is 10.4 Å². The smallest absolute Gasteiger partial charge is 0.318 e. The minimum Gasteiger partial charge on any atom is -0.318 e. The van der Waals surface area contributed by atoms with Crippen LogP contribution in [-0.4, -0.2) is 21.5 Å². The molecule has 0 aliphatic carbocycles. The van der Waals surface area contributed by atoms with Crippen LogP contribution in [0.3, 0.4) is 0 Å². The van der Waals surface area contributed by atoms with E-state index in [9.17, 15) is 29.8 Å². The van der Waals surface area contributed by atoms with Crippen LogP contribution >= 0.6 is 0 Å². The Bertz CT molecular complexity index is 593. The molecular weight excluding hydrogens is 234 g/mol. The largest absolute Gasteiger partial charge is 0.348 e. The number of ketones is 1. The van der Waals surface area contributed by atoms with Crippen LogP contribution in [-0.2, 0) is 4.79 Å². The molecule has 86 valence electrons. The van der Waals surface area contributed by atoms with Crippen LogP contribution in [0.5, 0.6) is 0 Å². The summed E-state index contributed by atoms with van der Waals surface area (Å²) in [5, 5.41) is 23.3. The minimum atomic E-state index is -0.978. The van der Waals surface area contributed by atoms with Crippen molar-refractivity contribution >= 4 is 28.8 Å². The summed E-state index contributed by atoms with van der Waals surface area (Å²) in [6.45, 7) is 0. The van der Waals surface area contributed by atoms with Crippen molar-refractivity contribution in [2.75, 3.05) is 5.32 Å². The van der Waals surface area contributed by atoms with Gasteiger partial charge in [0.2, 0.25) is 0 Å². The number of carbonyl (C=O) groups excluding carboxylic acids is 2. The van der Waals surface area contributed by atoms with Crippen molar-refractivity contribution in [3.05, 3.63) is 37.9 Å². The van der Waals surface area contributed by atoms with Crippen molar-refractivity contribution in [1.82, 2.24) is 0 Å². The molecule has 1 aromatic rings. The van der Waals surface area contributed by atoms with Crippen molar-refractivity contribution < 1.29 is 19.4 Å². The van der Waals surface area contributed by atoms with Crippen molar-refractivity contribution in [2.45, 2.75) is 0 Å². The standard InChI is InChI=1S/C8H3N3O6/c12-7-3-1-5(10(14)15)6(11(16)17)2-4(3)9-8(7)13/h1-2H,(H,9,12,13). The van der Waals surface area contributed by atoms with Gasteiger partial charge in [0.05, 0.1) is 21.1 Å². The van der Waals surface area contributed by atoms with Crippen LogP contribution in [0.15, 0.2) is 12.1 Å². The Morgan fingerprint density at radius 1 is 1.00 bits per heavy atom. The number of anilines is 1. The van der Waals surface area contributed by atoms with Gasteiger partial charge in [-0.3, -0.25) is 29.8 Å². The van der Waals surface area contributed by atoms with Gasteiger partial charge >= 0.3 is 11.4 Å². The maximum absolute atomic E-state index is 11.2. The highest BCUT2D eigenvalue weighted by Gasteiger charge is 2.35. The predicted octanol–water partition coefficient (Wildman–Crippen LogP) is 0.638. The Hall–Kier alpha value is -2.84. The fraction of sp³-hybridized carbons (Fsp3) is 0. The maximum Gasteiger partial charge on any atom is 0.348 e. The van der Waals surface area contributed by atoms with E-state index < -0.39 is 32.9 Å². The van der Waals surface area contributed by atoms with E-state index in [-0.39, 0.29) is 11.3 Å². The van der Waals surface area contributed by atoms with E-state index in [2.05, 4.69) is 5.32 Å². The number of amides is 1. The molecule has 9 nitrogen and oxygen atoms in total. The first-order chi connectivity index (χ1) is 7.91. The normalized spacial score (nSPS) is 13.2. The number of nitro groups is 2. The lowest BCUT2D eigenvalue weighted by atomic mass is 10.1. The summed E-state index contributed by atoms with van der Waals surface area (Å²) in [6, 6.07) is 1.53. The van der Waals surface area contributed by atoms with Gasteiger partial charge in [-0.1, -0.05) is 0 Å². The number of hydrogen-bond donors (Lipinski definition) is 1. The first kappa shape index (κ1) is 10.7.